The van der Waals surface area contributed by atoms with Crippen LogP contribution < -0.4 is 0 Å². The molecule has 3 rings (SSSR count). The van der Waals surface area contributed by atoms with Gasteiger partial charge >= 0.3 is 5.97 Å². The number of hydrogen-bond donors (Lipinski definition) is 1. The van der Waals surface area contributed by atoms with Crippen molar-refractivity contribution in [2.75, 3.05) is 6.54 Å². The zero-order valence-corrected chi connectivity index (χ0v) is 13.7. The maximum atomic E-state index is 13.9. The van der Waals surface area contributed by atoms with Crippen LogP contribution in [0.3, 0.4) is 0 Å². The van der Waals surface area contributed by atoms with Crippen LogP contribution >= 0.6 is 0 Å². The predicted molar refractivity (Wildman–Crippen MR) is 86.7 cm³/mol. The van der Waals surface area contributed by atoms with Crippen LogP contribution in [0.15, 0.2) is 42.5 Å². The van der Waals surface area contributed by atoms with Gasteiger partial charge in [-0.25, -0.2) is 13.2 Å². The number of carboxylic acids is 1. The lowest BCUT2D eigenvalue weighted by atomic mass is 10.1. The lowest BCUT2D eigenvalue weighted by Gasteiger charge is -2.21. The van der Waals surface area contributed by atoms with Gasteiger partial charge in [-0.2, -0.15) is 0 Å². The van der Waals surface area contributed by atoms with Crippen molar-refractivity contribution in [2.45, 2.75) is 18.9 Å². The van der Waals surface area contributed by atoms with E-state index in [4.69, 9.17) is 5.11 Å². The van der Waals surface area contributed by atoms with Gasteiger partial charge in [-0.1, -0.05) is 12.1 Å². The lowest BCUT2D eigenvalue weighted by Crippen LogP contribution is -2.36. The van der Waals surface area contributed by atoms with E-state index in [1.54, 1.807) is 0 Å². The van der Waals surface area contributed by atoms with Gasteiger partial charge in [-0.3, -0.25) is 9.59 Å². The molecule has 26 heavy (non-hydrogen) atoms. The molecule has 2 aromatic rings. The molecule has 1 aliphatic carbocycles. The van der Waals surface area contributed by atoms with Crippen molar-refractivity contribution in [3.8, 4) is 0 Å². The van der Waals surface area contributed by atoms with Crippen LogP contribution in [0.1, 0.15) is 23.5 Å². The van der Waals surface area contributed by atoms with Gasteiger partial charge < -0.3 is 10.0 Å². The Hall–Kier alpha value is -2.83. The Bertz CT molecular complexity index is 838. The van der Waals surface area contributed by atoms with E-state index in [-0.39, 0.29) is 12.1 Å². The summed E-state index contributed by atoms with van der Waals surface area (Å²) in [6, 6.07) is 8.46. The van der Waals surface area contributed by atoms with Crippen LogP contribution in [-0.2, 0) is 16.1 Å². The van der Waals surface area contributed by atoms with Gasteiger partial charge in [0.15, 0.2) is 0 Å². The highest BCUT2D eigenvalue weighted by Crippen LogP contribution is 2.49. The molecule has 2 atom stereocenters. The Kier molecular flexibility index (Phi) is 4.97. The Labute approximate surface area is 147 Å². The number of carbonyl (C=O) groups excluding carboxylic acids is 1. The van der Waals surface area contributed by atoms with E-state index < -0.39 is 47.7 Å². The normalized spacial score (nSPS) is 18.4. The van der Waals surface area contributed by atoms with Gasteiger partial charge in [0.05, 0.1) is 0 Å². The summed E-state index contributed by atoms with van der Waals surface area (Å²) in [4.78, 5) is 24.9. The zero-order valence-electron chi connectivity index (χ0n) is 13.7. The average molecular weight is 363 g/mol. The molecule has 1 saturated carbocycles. The molecule has 0 bridgehead atoms. The van der Waals surface area contributed by atoms with Crippen LogP contribution in [0, 0.1) is 23.4 Å². The van der Waals surface area contributed by atoms with Crippen molar-refractivity contribution in [3.63, 3.8) is 0 Å². The van der Waals surface area contributed by atoms with E-state index in [0.29, 0.717) is 12.0 Å². The molecule has 2 unspecified atom stereocenters. The van der Waals surface area contributed by atoms with Gasteiger partial charge in [0.2, 0.25) is 5.91 Å². The molecular weight excluding hydrogens is 347 g/mol. The molecule has 0 aromatic heterocycles. The molecule has 4 nitrogen and oxygen atoms in total. The number of halogens is 3. The summed E-state index contributed by atoms with van der Waals surface area (Å²) in [5.74, 6) is -4.30. The van der Waals surface area contributed by atoms with Crippen molar-refractivity contribution < 1.29 is 27.9 Å². The predicted octanol–water partition coefficient (Wildman–Crippen LogP) is 3.32. The molecule has 7 heteroatoms. The fourth-order valence-electron chi connectivity index (χ4n) is 3.03. The molecule has 1 aliphatic rings. The Morgan fingerprint density at radius 2 is 1.69 bits per heavy atom. The third-order valence-electron chi connectivity index (χ3n) is 4.39. The van der Waals surface area contributed by atoms with Crippen molar-refractivity contribution in [3.05, 3.63) is 71.0 Å². The van der Waals surface area contributed by atoms with Crippen LogP contribution in [-0.4, -0.2) is 28.4 Å². The van der Waals surface area contributed by atoms with Crippen LogP contribution in [0.4, 0.5) is 13.2 Å². The Balaban J connectivity index is 1.75. The number of aliphatic carboxylic acids is 1. The number of rotatable bonds is 6. The molecule has 0 radical (unpaired) electrons. The van der Waals surface area contributed by atoms with E-state index in [1.807, 2.05) is 0 Å². The van der Waals surface area contributed by atoms with Gasteiger partial charge in [0.1, 0.15) is 24.0 Å². The highest BCUT2D eigenvalue weighted by atomic mass is 19.1. The maximum absolute atomic E-state index is 13.9. The first kappa shape index (κ1) is 18.0. The summed E-state index contributed by atoms with van der Waals surface area (Å²) >= 11 is 0. The van der Waals surface area contributed by atoms with Gasteiger partial charge in [0, 0.05) is 12.5 Å². The number of benzene rings is 2. The van der Waals surface area contributed by atoms with E-state index >= 15 is 0 Å². The Morgan fingerprint density at radius 3 is 2.35 bits per heavy atom. The minimum absolute atomic E-state index is 0.000264. The van der Waals surface area contributed by atoms with Crippen LogP contribution in [0.5, 0.6) is 0 Å². The minimum Gasteiger partial charge on any atom is -0.480 e. The molecule has 0 aliphatic heterocycles. The summed E-state index contributed by atoms with van der Waals surface area (Å²) in [6.07, 6.45) is 0.332. The standard InChI is InChI=1S/C19H16F3NO3/c20-12-3-1-11(2-4-12)9-23(10-18(24)25)19(26)16-8-14(16)15-7-13(21)5-6-17(15)22/h1-7,14,16H,8-10H2,(H,24,25). The highest BCUT2D eigenvalue weighted by Gasteiger charge is 2.47. The Morgan fingerprint density at radius 1 is 1.04 bits per heavy atom. The number of amides is 1. The monoisotopic (exact) mass is 363 g/mol. The van der Waals surface area contributed by atoms with E-state index in [9.17, 15) is 22.8 Å². The van der Waals surface area contributed by atoms with Crippen molar-refractivity contribution in [2.24, 2.45) is 5.92 Å². The van der Waals surface area contributed by atoms with Gasteiger partial charge in [-0.15, -0.1) is 0 Å². The van der Waals surface area contributed by atoms with Crippen molar-refractivity contribution >= 4 is 11.9 Å². The third-order valence-corrected chi connectivity index (χ3v) is 4.39. The summed E-state index contributed by atoms with van der Waals surface area (Å²) in [6.45, 7) is -0.522. The molecule has 1 fully saturated rings. The summed E-state index contributed by atoms with van der Waals surface area (Å²) in [5.41, 5.74) is 0.704. The topological polar surface area (TPSA) is 57.6 Å². The molecule has 0 spiro atoms. The quantitative estimate of drug-likeness (QED) is 0.857. The van der Waals surface area contributed by atoms with Gasteiger partial charge in [0.25, 0.3) is 0 Å². The second-order valence-corrected chi connectivity index (χ2v) is 6.33. The molecule has 1 amide bonds. The number of nitrogens with zero attached hydrogens (tertiary/aromatic N) is 1. The van der Waals surface area contributed by atoms with E-state index in [0.717, 1.165) is 23.1 Å². The molecule has 2 aromatic carbocycles. The highest BCUT2D eigenvalue weighted by molar-refractivity contribution is 5.86. The van der Waals surface area contributed by atoms with Crippen molar-refractivity contribution in [1.29, 1.82) is 0 Å². The van der Waals surface area contributed by atoms with Crippen LogP contribution in [0.25, 0.3) is 0 Å². The van der Waals surface area contributed by atoms with Gasteiger partial charge in [-0.05, 0) is 53.8 Å². The first-order valence-electron chi connectivity index (χ1n) is 8.05. The second-order valence-electron chi connectivity index (χ2n) is 6.33. The van der Waals surface area contributed by atoms with E-state index in [2.05, 4.69) is 0 Å². The average Bonchev–Trinajstić information content (AvgIpc) is 3.38. The molecule has 136 valence electrons. The number of carboxylic acid groups (broad SMARTS) is 1. The summed E-state index contributed by atoms with van der Waals surface area (Å²) in [5, 5.41) is 9.06. The molecule has 0 saturated heterocycles. The number of carbonyl (C=O) groups is 2. The fraction of sp³-hybridized carbons (Fsp3) is 0.263. The maximum Gasteiger partial charge on any atom is 0.323 e. The number of hydrogen-bond acceptors (Lipinski definition) is 2. The van der Waals surface area contributed by atoms with E-state index in [1.165, 1.54) is 24.3 Å². The smallest absolute Gasteiger partial charge is 0.323 e. The SMILES string of the molecule is O=C(O)CN(Cc1ccc(F)cc1)C(=O)C1CC1c1cc(F)ccc1F. The first-order chi connectivity index (χ1) is 12.3. The zero-order chi connectivity index (χ0) is 18.8. The molecular formula is C19H16F3NO3. The largest absolute Gasteiger partial charge is 0.480 e. The summed E-state index contributed by atoms with van der Waals surface area (Å²) in [7, 11) is 0. The first-order valence-corrected chi connectivity index (χ1v) is 8.05. The lowest BCUT2D eigenvalue weighted by molar-refractivity contribution is -0.145. The minimum atomic E-state index is -1.19. The van der Waals surface area contributed by atoms with Crippen molar-refractivity contribution in [1.82, 2.24) is 4.90 Å². The van der Waals surface area contributed by atoms with Crippen LogP contribution in [0.2, 0.25) is 0 Å². The fourth-order valence-corrected chi connectivity index (χ4v) is 3.03. The molecule has 0 heterocycles. The summed E-state index contributed by atoms with van der Waals surface area (Å²) < 4.78 is 40.2. The second kappa shape index (κ2) is 7.19. The molecule has 1 N–H and O–H groups in total. The third kappa shape index (κ3) is 4.04.